The molecule has 0 amide bonds. The van der Waals surface area contributed by atoms with E-state index in [2.05, 4.69) is 15.1 Å². The van der Waals surface area contributed by atoms with Gasteiger partial charge >= 0.3 is 6.18 Å². The largest absolute Gasteiger partial charge is 0.433 e. The Labute approximate surface area is 135 Å². The van der Waals surface area contributed by atoms with Gasteiger partial charge in [0.05, 0.1) is 11.9 Å². The Morgan fingerprint density at radius 2 is 1.71 bits per heavy atom. The van der Waals surface area contributed by atoms with Crippen LogP contribution in [0, 0.1) is 0 Å². The van der Waals surface area contributed by atoms with Gasteiger partial charge in [0.25, 0.3) is 5.56 Å². The Bertz CT molecular complexity index is 783. The fourth-order valence-corrected chi connectivity index (χ4v) is 2.50. The van der Waals surface area contributed by atoms with Crippen molar-refractivity contribution < 1.29 is 13.2 Å². The summed E-state index contributed by atoms with van der Waals surface area (Å²) in [5.41, 5.74) is -0.456. The van der Waals surface area contributed by atoms with Crippen LogP contribution in [-0.2, 0) is 13.2 Å². The van der Waals surface area contributed by atoms with Crippen molar-refractivity contribution in [3.05, 3.63) is 40.7 Å². The number of aryl methyl sites for hydroxylation is 1. The van der Waals surface area contributed by atoms with Crippen LogP contribution in [0.15, 0.2) is 29.5 Å². The zero-order valence-electron chi connectivity index (χ0n) is 12.9. The topological polar surface area (TPSA) is 67.2 Å². The maximum absolute atomic E-state index is 12.7. The number of halogens is 3. The minimum atomic E-state index is -4.49. The molecule has 3 rings (SSSR count). The molecule has 0 radical (unpaired) electrons. The van der Waals surface area contributed by atoms with E-state index in [4.69, 9.17) is 0 Å². The lowest BCUT2D eigenvalue weighted by molar-refractivity contribution is -0.141. The van der Waals surface area contributed by atoms with Gasteiger partial charge in [-0.3, -0.25) is 4.79 Å². The van der Waals surface area contributed by atoms with Crippen LogP contribution in [0.1, 0.15) is 5.69 Å². The second-order valence-electron chi connectivity index (χ2n) is 5.41. The van der Waals surface area contributed by atoms with E-state index < -0.39 is 11.9 Å². The molecule has 1 fully saturated rings. The SMILES string of the molecule is Cn1ncc(N2CCN(c3cc(C(F)(F)F)ncn3)CC2)cc1=O. The Morgan fingerprint density at radius 3 is 2.33 bits per heavy atom. The average Bonchev–Trinajstić information content (AvgIpc) is 2.57. The standard InChI is InChI=1S/C14H15F3N6O/c1-21-13(24)6-10(8-20-21)22-2-4-23(5-3-22)12-7-11(14(15,16)17)18-9-19-12/h6-9H,2-5H2,1H3. The molecule has 0 unspecified atom stereocenters. The van der Waals surface area contributed by atoms with Crippen LogP contribution in [0.25, 0.3) is 0 Å². The van der Waals surface area contributed by atoms with Gasteiger partial charge < -0.3 is 9.80 Å². The van der Waals surface area contributed by atoms with Crippen molar-refractivity contribution in [3.63, 3.8) is 0 Å². The van der Waals surface area contributed by atoms with Gasteiger partial charge in [0.15, 0.2) is 0 Å². The summed E-state index contributed by atoms with van der Waals surface area (Å²) < 4.78 is 39.4. The molecular formula is C14H15F3N6O. The van der Waals surface area contributed by atoms with Crippen LogP contribution < -0.4 is 15.4 Å². The average molecular weight is 340 g/mol. The van der Waals surface area contributed by atoms with Gasteiger partial charge in [-0.05, 0) is 0 Å². The predicted octanol–water partition coefficient (Wildman–Crippen LogP) is 0.916. The molecule has 0 saturated carbocycles. The number of hydrogen-bond acceptors (Lipinski definition) is 6. The van der Waals surface area contributed by atoms with Gasteiger partial charge in [0.1, 0.15) is 17.8 Å². The molecule has 0 spiro atoms. The molecule has 7 nitrogen and oxygen atoms in total. The van der Waals surface area contributed by atoms with E-state index in [0.29, 0.717) is 31.9 Å². The highest BCUT2D eigenvalue weighted by atomic mass is 19.4. The summed E-state index contributed by atoms with van der Waals surface area (Å²) in [7, 11) is 1.57. The van der Waals surface area contributed by atoms with Crippen molar-refractivity contribution in [3.8, 4) is 0 Å². The Morgan fingerprint density at radius 1 is 1.04 bits per heavy atom. The first-order valence-corrected chi connectivity index (χ1v) is 7.27. The number of anilines is 2. The Balaban J connectivity index is 1.71. The maximum atomic E-state index is 12.7. The lowest BCUT2D eigenvalue weighted by Crippen LogP contribution is -2.47. The summed E-state index contributed by atoms with van der Waals surface area (Å²) in [4.78, 5) is 22.6. The highest BCUT2D eigenvalue weighted by Gasteiger charge is 2.33. The molecule has 1 saturated heterocycles. The van der Waals surface area contributed by atoms with E-state index in [1.165, 1.54) is 10.7 Å². The van der Waals surface area contributed by atoms with Crippen molar-refractivity contribution in [1.82, 2.24) is 19.7 Å². The second kappa shape index (κ2) is 6.10. The molecule has 1 aliphatic heterocycles. The summed E-state index contributed by atoms with van der Waals surface area (Å²) in [6, 6.07) is 2.45. The molecule has 0 atom stereocenters. The zero-order valence-corrected chi connectivity index (χ0v) is 12.9. The zero-order chi connectivity index (χ0) is 17.3. The minimum Gasteiger partial charge on any atom is -0.367 e. The van der Waals surface area contributed by atoms with Crippen molar-refractivity contribution >= 4 is 11.5 Å². The summed E-state index contributed by atoms with van der Waals surface area (Å²) in [5.74, 6) is 0.249. The number of hydrogen-bond donors (Lipinski definition) is 0. The molecule has 2 aromatic rings. The second-order valence-corrected chi connectivity index (χ2v) is 5.41. The maximum Gasteiger partial charge on any atom is 0.433 e. The molecule has 2 aromatic heterocycles. The van der Waals surface area contributed by atoms with E-state index in [9.17, 15) is 18.0 Å². The van der Waals surface area contributed by atoms with Crippen LogP contribution in [0.5, 0.6) is 0 Å². The molecule has 1 aliphatic rings. The van der Waals surface area contributed by atoms with Crippen LogP contribution in [0.4, 0.5) is 24.7 Å². The smallest absolute Gasteiger partial charge is 0.367 e. The lowest BCUT2D eigenvalue weighted by atomic mass is 10.2. The highest BCUT2D eigenvalue weighted by molar-refractivity contribution is 5.47. The Hall–Kier alpha value is -2.65. The van der Waals surface area contributed by atoms with E-state index in [0.717, 1.165) is 12.4 Å². The number of nitrogens with zero attached hydrogens (tertiary/aromatic N) is 6. The van der Waals surface area contributed by atoms with Crippen molar-refractivity contribution in [2.45, 2.75) is 6.18 Å². The van der Waals surface area contributed by atoms with Gasteiger partial charge in [0.2, 0.25) is 0 Å². The molecule has 10 heteroatoms. The van der Waals surface area contributed by atoms with Crippen LogP contribution in [-0.4, -0.2) is 45.9 Å². The molecule has 24 heavy (non-hydrogen) atoms. The predicted molar refractivity (Wildman–Crippen MR) is 80.9 cm³/mol. The number of aromatic nitrogens is 4. The van der Waals surface area contributed by atoms with Gasteiger partial charge in [0, 0.05) is 45.4 Å². The molecule has 3 heterocycles. The third kappa shape index (κ3) is 3.31. The summed E-state index contributed by atoms with van der Waals surface area (Å²) in [6.07, 6.45) is -1.96. The Kier molecular flexibility index (Phi) is 4.12. The van der Waals surface area contributed by atoms with Gasteiger partial charge in [-0.2, -0.15) is 18.3 Å². The fraction of sp³-hybridized carbons (Fsp3) is 0.429. The third-order valence-electron chi connectivity index (χ3n) is 3.87. The van der Waals surface area contributed by atoms with Crippen LogP contribution in [0.2, 0.25) is 0 Å². The molecule has 128 valence electrons. The van der Waals surface area contributed by atoms with Crippen LogP contribution >= 0.6 is 0 Å². The number of piperazine rings is 1. The van der Waals surface area contributed by atoms with E-state index in [1.807, 2.05) is 4.90 Å². The number of rotatable bonds is 2. The summed E-state index contributed by atoms with van der Waals surface area (Å²) in [5, 5.41) is 3.97. The molecule has 0 aliphatic carbocycles. The molecule has 0 aromatic carbocycles. The van der Waals surface area contributed by atoms with Crippen molar-refractivity contribution in [2.75, 3.05) is 36.0 Å². The van der Waals surface area contributed by atoms with Gasteiger partial charge in [-0.1, -0.05) is 0 Å². The fourth-order valence-electron chi connectivity index (χ4n) is 2.50. The van der Waals surface area contributed by atoms with Gasteiger partial charge in [-0.25, -0.2) is 14.6 Å². The summed E-state index contributed by atoms with van der Waals surface area (Å²) >= 11 is 0. The van der Waals surface area contributed by atoms with E-state index in [1.54, 1.807) is 18.1 Å². The first-order chi connectivity index (χ1) is 11.3. The third-order valence-corrected chi connectivity index (χ3v) is 3.87. The highest BCUT2D eigenvalue weighted by Crippen LogP contribution is 2.29. The first kappa shape index (κ1) is 16.2. The van der Waals surface area contributed by atoms with Crippen molar-refractivity contribution in [2.24, 2.45) is 7.05 Å². The summed E-state index contributed by atoms with van der Waals surface area (Å²) in [6.45, 7) is 2.09. The van der Waals surface area contributed by atoms with Gasteiger partial charge in [-0.15, -0.1) is 0 Å². The molecular weight excluding hydrogens is 325 g/mol. The molecule has 0 bridgehead atoms. The normalized spacial score (nSPS) is 15.7. The van der Waals surface area contributed by atoms with E-state index in [-0.39, 0.29) is 11.4 Å². The molecule has 0 N–H and O–H groups in total. The quantitative estimate of drug-likeness (QED) is 0.810. The number of alkyl halides is 3. The monoisotopic (exact) mass is 340 g/mol. The van der Waals surface area contributed by atoms with Crippen LogP contribution in [0.3, 0.4) is 0 Å². The minimum absolute atomic E-state index is 0.208. The van der Waals surface area contributed by atoms with E-state index >= 15 is 0 Å². The van der Waals surface area contributed by atoms with Crippen molar-refractivity contribution in [1.29, 1.82) is 0 Å². The lowest BCUT2D eigenvalue weighted by Gasteiger charge is -2.36. The first-order valence-electron chi connectivity index (χ1n) is 7.27.